The summed E-state index contributed by atoms with van der Waals surface area (Å²) in [6.07, 6.45) is 0. The molecular weight excluding hydrogens is 272 g/mol. The standard InChI is InChI=1S/C14H20N4O3/c1-15-12-8-21-7-11(12)13(19)17-9-3-5-10(6-4-9)18-14(20)16-2/h3-6,11-12,15H,7-8H2,1-2H3,(H,17,19)(H2,16,18,20). The lowest BCUT2D eigenvalue weighted by Crippen LogP contribution is -2.39. The van der Waals surface area contributed by atoms with Gasteiger partial charge in [0, 0.05) is 24.5 Å². The van der Waals surface area contributed by atoms with Crippen LogP contribution in [0.2, 0.25) is 0 Å². The van der Waals surface area contributed by atoms with Crippen molar-refractivity contribution in [1.82, 2.24) is 10.6 Å². The Balaban J connectivity index is 1.93. The number of ether oxygens (including phenoxy) is 1. The molecule has 0 spiro atoms. The van der Waals surface area contributed by atoms with Crippen LogP contribution < -0.4 is 21.3 Å². The van der Waals surface area contributed by atoms with Gasteiger partial charge in [0.05, 0.1) is 19.1 Å². The maximum absolute atomic E-state index is 12.2. The minimum Gasteiger partial charge on any atom is -0.379 e. The molecule has 21 heavy (non-hydrogen) atoms. The van der Waals surface area contributed by atoms with Gasteiger partial charge in [-0.25, -0.2) is 4.79 Å². The Kier molecular flexibility index (Phi) is 5.13. The van der Waals surface area contributed by atoms with E-state index < -0.39 is 0 Å². The lowest BCUT2D eigenvalue weighted by molar-refractivity contribution is -0.120. The third-order valence-corrected chi connectivity index (χ3v) is 3.43. The van der Waals surface area contributed by atoms with Gasteiger partial charge in [0.15, 0.2) is 0 Å². The van der Waals surface area contributed by atoms with E-state index in [0.717, 1.165) is 0 Å². The van der Waals surface area contributed by atoms with Crippen LogP contribution in [0.15, 0.2) is 24.3 Å². The van der Waals surface area contributed by atoms with E-state index in [1.165, 1.54) is 0 Å². The van der Waals surface area contributed by atoms with Crippen LogP contribution >= 0.6 is 0 Å². The Labute approximate surface area is 123 Å². The van der Waals surface area contributed by atoms with Crippen LogP contribution in [0.4, 0.5) is 16.2 Å². The lowest BCUT2D eigenvalue weighted by Gasteiger charge is -2.16. The SMILES string of the molecule is CNC(=O)Nc1ccc(NC(=O)C2COCC2NC)cc1. The predicted molar refractivity (Wildman–Crippen MR) is 80.3 cm³/mol. The first-order valence-electron chi connectivity index (χ1n) is 6.78. The monoisotopic (exact) mass is 292 g/mol. The van der Waals surface area contributed by atoms with E-state index in [0.29, 0.717) is 24.6 Å². The zero-order valence-corrected chi connectivity index (χ0v) is 12.1. The van der Waals surface area contributed by atoms with Gasteiger partial charge in [-0.05, 0) is 31.3 Å². The Bertz CT molecular complexity index is 503. The molecule has 7 heteroatoms. The zero-order chi connectivity index (χ0) is 15.2. The van der Waals surface area contributed by atoms with Crippen molar-refractivity contribution in [2.24, 2.45) is 5.92 Å². The van der Waals surface area contributed by atoms with E-state index in [-0.39, 0.29) is 23.9 Å². The largest absolute Gasteiger partial charge is 0.379 e. The first kappa shape index (κ1) is 15.3. The molecule has 0 aromatic heterocycles. The van der Waals surface area contributed by atoms with Crippen LogP contribution in [0.3, 0.4) is 0 Å². The zero-order valence-electron chi connectivity index (χ0n) is 12.1. The Hall–Kier alpha value is -2.12. The first-order valence-corrected chi connectivity index (χ1v) is 6.78. The highest BCUT2D eigenvalue weighted by molar-refractivity contribution is 5.94. The van der Waals surface area contributed by atoms with Crippen LogP contribution in [0.1, 0.15) is 0 Å². The number of hydrogen-bond donors (Lipinski definition) is 4. The third kappa shape index (κ3) is 3.93. The second-order valence-electron chi connectivity index (χ2n) is 4.81. The number of urea groups is 1. The van der Waals surface area contributed by atoms with Crippen molar-refractivity contribution in [2.45, 2.75) is 6.04 Å². The third-order valence-electron chi connectivity index (χ3n) is 3.43. The molecule has 2 rings (SSSR count). The summed E-state index contributed by atoms with van der Waals surface area (Å²) in [5.41, 5.74) is 1.34. The molecule has 1 fully saturated rings. The topological polar surface area (TPSA) is 91.5 Å². The molecule has 0 radical (unpaired) electrons. The van der Waals surface area contributed by atoms with E-state index in [1.807, 2.05) is 7.05 Å². The van der Waals surface area contributed by atoms with E-state index in [9.17, 15) is 9.59 Å². The van der Waals surface area contributed by atoms with Gasteiger partial charge >= 0.3 is 6.03 Å². The van der Waals surface area contributed by atoms with Gasteiger partial charge in [-0.15, -0.1) is 0 Å². The fraction of sp³-hybridized carbons (Fsp3) is 0.429. The summed E-state index contributed by atoms with van der Waals surface area (Å²) in [4.78, 5) is 23.4. The summed E-state index contributed by atoms with van der Waals surface area (Å²) in [5.74, 6) is -0.266. The first-order chi connectivity index (χ1) is 10.1. The Morgan fingerprint density at radius 2 is 1.67 bits per heavy atom. The second kappa shape index (κ2) is 7.05. The molecule has 0 aliphatic carbocycles. The van der Waals surface area contributed by atoms with Crippen LogP contribution in [0.25, 0.3) is 0 Å². The maximum atomic E-state index is 12.2. The highest BCUT2D eigenvalue weighted by Gasteiger charge is 2.32. The molecule has 0 saturated carbocycles. The number of benzene rings is 1. The van der Waals surface area contributed by atoms with E-state index in [2.05, 4.69) is 21.3 Å². The van der Waals surface area contributed by atoms with Gasteiger partial charge in [-0.2, -0.15) is 0 Å². The van der Waals surface area contributed by atoms with Gasteiger partial charge < -0.3 is 26.0 Å². The number of carbonyl (C=O) groups is 2. The molecule has 1 aromatic rings. The van der Waals surface area contributed by atoms with Crippen molar-refractivity contribution in [3.8, 4) is 0 Å². The number of anilines is 2. The average molecular weight is 292 g/mol. The van der Waals surface area contributed by atoms with Gasteiger partial charge in [0.2, 0.25) is 5.91 Å². The summed E-state index contributed by atoms with van der Waals surface area (Å²) in [6, 6.07) is 6.70. The molecule has 2 unspecified atom stereocenters. The smallest absolute Gasteiger partial charge is 0.318 e. The summed E-state index contributed by atoms with van der Waals surface area (Å²) in [5, 5.41) is 11.1. The predicted octanol–water partition coefficient (Wildman–Crippen LogP) is 0.611. The number of likely N-dealkylation sites (N-methyl/N-ethyl adjacent to an activating group) is 1. The van der Waals surface area contributed by atoms with Crippen molar-refractivity contribution in [3.05, 3.63) is 24.3 Å². The molecule has 1 saturated heterocycles. The maximum Gasteiger partial charge on any atom is 0.318 e. The van der Waals surface area contributed by atoms with Crippen LogP contribution in [-0.2, 0) is 9.53 Å². The van der Waals surface area contributed by atoms with Crippen LogP contribution in [0, 0.1) is 5.92 Å². The highest BCUT2D eigenvalue weighted by atomic mass is 16.5. The quantitative estimate of drug-likeness (QED) is 0.654. The van der Waals surface area contributed by atoms with Crippen molar-refractivity contribution < 1.29 is 14.3 Å². The van der Waals surface area contributed by atoms with Crippen LogP contribution in [0.5, 0.6) is 0 Å². The van der Waals surface area contributed by atoms with E-state index >= 15 is 0 Å². The second-order valence-corrected chi connectivity index (χ2v) is 4.81. The van der Waals surface area contributed by atoms with Gasteiger partial charge in [-0.3, -0.25) is 4.79 Å². The molecule has 4 N–H and O–H groups in total. The molecule has 1 aliphatic heterocycles. The fourth-order valence-electron chi connectivity index (χ4n) is 2.16. The number of carbonyl (C=O) groups excluding carboxylic acids is 2. The molecule has 0 bridgehead atoms. The van der Waals surface area contributed by atoms with Gasteiger partial charge in [0.25, 0.3) is 0 Å². The molecule has 1 aromatic carbocycles. The summed E-state index contributed by atoms with van der Waals surface area (Å²) < 4.78 is 5.32. The highest BCUT2D eigenvalue weighted by Crippen LogP contribution is 2.18. The molecular formula is C14H20N4O3. The number of amides is 3. The van der Waals surface area contributed by atoms with Crippen LogP contribution in [-0.4, -0.2) is 45.3 Å². The van der Waals surface area contributed by atoms with Crippen molar-refractivity contribution in [1.29, 1.82) is 0 Å². The number of hydrogen-bond acceptors (Lipinski definition) is 4. The van der Waals surface area contributed by atoms with E-state index in [4.69, 9.17) is 4.74 Å². The van der Waals surface area contributed by atoms with Gasteiger partial charge in [-0.1, -0.05) is 0 Å². The lowest BCUT2D eigenvalue weighted by atomic mass is 10.0. The number of rotatable bonds is 4. The Morgan fingerprint density at radius 3 is 2.24 bits per heavy atom. The van der Waals surface area contributed by atoms with E-state index in [1.54, 1.807) is 31.3 Å². The minimum absolute atomic E-state index is 0.0409. The summed E-state index contributed by atoms with van der Waals surface area (Å²) in [7, 11) is 3.37. The normalized spacial score (nSPS) is 20.9. The summed E-state index contributed by atoms with van der Waals surface area (Å²) >= 11 is 0. The van der Waals surface area contributed by atoms with Crippen molar-refractivity contribution in [2.75, 3.05) is 37.9 Å². The summed E-state index contributed by atoms with van der Waals surface area (Å²) in [6.45, 7) is 0.969. The molecule has 1 heterocycles. The molecule has 114 valence electrons. The van der Waals surface area contributed by atoms with Crippen molar-refractivity contribution >= 4 is 23.3 Å². The van der Waals surface area contributed by atoms with Gasteiger partial charge in [0.1, 0.15) is 0 Å². The fourth-order valence-corrected chi connectivity index (χ4v) is 2.16. The van der Waals surface area contributed by atoms with Crippen molar-refractivity contribution in [3.63, 3.8) is 0 Å². The molecule has 2 atom stereocenters. The molecule has 7 nitrogen and oxygen atoms in total. The average Bonchev–Trinajstić information content (AvgIpc) is 2.97. The molecule has 3 amide bonds. The molecule has 1 aliphatic rings. The Morgan fingerprint density at radius 1 is 1.05 bits per heavy atom. The minimum atomic E-state index is -0.285. The number of nitrogens with one attached hydrogen (secondary N) is 4.